The summed E-state index contributed by atoms with van der Waals surface area (Å²) in [6.07, 6.45) is 1.83. The number of rotatable bonds is 7. The molecule has 1 heterocycles. The number of benzene rings is 1. The number of hydrogen-bond donors (Lipinski definition) is 1. The van der Waals surface area contributed by atoms with Crippen LogP contribution in [-0.2, 0) is 16.1 Å². The van der Waals surface area contributed by atoms with Crippen LogP contribution in [0.25, 0.3) is 0 Å². The molecule has 1 fully saturated rings. The second-order valence-corrected chi connectivity index (χ2v) is 5.22. The van der Waals surface area contributed by atoms with E-state index in [9.17, 15) is 4.79 Å². The van der Waals surface area contributed by atoms with Crippen LogP contribution >= 0.6 is 0 Å². The predicted molar refractivity (Wildman–Crippen MR) is 79.5 cm³/mol. The minimum absolute atomic E-state index is 0.0690. The van der Waals surface area contributed by atoms with E-state index in [4.69, 9.17) is 14.6 Å². The lowest BCUT2D eigenvalue weighted by molar-refractivity contribution is -0.145. The van der Waals surface area contributed by atoms with E-state index in [1.165, 1.54) is 5.56 Å². The maximum absolute atomic E-state index is 10.5. The number of nitrogens with zero attached hydrogens (tertiary/aromatic N) is 1. The first-order valence-electron chi connectivity index (χ1n) is 7.45. The summed E-state index contributed by atoms with van der Waals surface area (Å²) < 4.78 is 11.0. The van der Waals surface area contributed by atoms with Gasteiger partial charge in [-0.3, -0.25) is 4.90 Å². The van der Waals surface area contributed by atoms with Crippen LogP contribution in [0, 0.1) is 0 Å². The molecule has 1 aromatic carbocycles. The molecule has 0 unspecified atom stereocenters. The molecule has 5 heteroatoms. The molecular weight excluding hydrogens is 270 g/mol. The number of carboxylic acids is 1. The summed E-state index contributed by atoms with van der Waals surface area (Å²) in [5.74, 6) is 0.0484. The second kappa shape index (κ2) is 8.00. The van der Waals surface area contributed by atoms with E-state index < -0.39 is 5.97 Å². The van der Waals surface area contributed by atoms with Crippen molar-refractivity contribution in [3.05, 3.63) is 29.8 Å². The summed E-state index contributed by atoms with van der Waals surface area (Å²) in [5, 5.41) is 8.62. The average molecular weight is 293 g/mol. The van der Waals surface area contributed by atoms with Crippen LogP contribution in [-0.4, -0.2) is 48.4 Å². The third-order valence-electron chi connectivity index (χ3n) is 3.64. The van der Waals surface area contributed by atoms with Crippen LogP contribution in [0.1, 0.15) is 25.3 Å². The number of carbonyl (C=O) groups is 1. The van der Waals surface area contributed by atoms with E-state index in [-0.39, 0.29) is 12.7 Å². The quantitative estimate of drug-likeness (QED) is 0.834. The topological polar surface area (TPSA) is 59.0 Å². The van der Waals surface area contributed by atoms with Gasteiger partial charge >= 0.3 is 5.97 Å². The highest BCUT2D eigenvalue weighted by molar-refractivity contribution is 5.68. The van der Waals surface area contributed by atoms with Gasteiger partial charge in [0.1, 0.15) is 12.4 Å². The van der Waals surface area contributed by atoms with Gasteiger partial charge in [-0.25, -0.2) is 4.79 Å². The van der Waals surface area contributed by atoms with E-state index in [1.807, 2.05) is 25.1 Å². The smallest absolute Gasteiger partial charge is 0.329 e. The minimum Gasteiger partial charge on any atom is -0.494 e. The molecule has 1 saturated heterocycles. The fraction of sp³-hybridized carbons (Fsp3) is 0.562. The number of carboxylic acid groups (broad SMARTS) is 1. The Kier molecular flexibility index (Phi) is 6.02. The molecule has 0 spiro atoms. The largest absolute Gasteiger partial charge is 0.494 e. The molecule has 0 aliphatic carbocycles. The second-order valence-electron chi connectivity index (χ2n) is 5.22. The maximum Gasteiger partial charge on any atom is 0.329 e. The zero-order valence-electron chi connectivity index (χ0n) is 12.5. The van der Waals surface area contributed by atoms with Gasteiger partial charge in [-0.1, -0.05) is 18.2 Å². The molecule has 0 bridgehead atoms. The third kappa shape index (κ3) is 5.02. The van der Waals surface area contributed by atoms with Gasteiger partial charge in [-0.2, -0.15) is 0 Å². The van der Waals surface area contributed by atoms with Gasteiger partial charge in [-0.05, 0) is 25.8 Å². The van der Waals surface area contributed by atoms with E-state index >= 15 is 0 Å². The first kappa shape index (κ1) is 15.8. The number of ether oxygens (including phenoxy) is 2. The van der Waals surface area contributed by atoms with Gasteiger partial charge in [0, 0.05) is 25.2 Å². The number of likely N-dealkylation sites (tertiary alicyclic amines) is 1. The van der Waals surface area contributed by atoms with Crippen molar-refractivity contribution < 1.29 is 19.4 Å². The first-order valence-corrected chi connectivity index (χ1v) is 7.45. The van der Waals surface area contributed by atoms with Crippen molar-refractivity contribution >= 4 is 5.97 Å². The Bertz CT molecular complexity index is 455. The van der Waals surface area contributed by atoms with E-state index in [0.29, 0.717) is 6.61 Å². The molecule has 116 valence electrons. The summed E-state index contributed by atoms with van der Waals surface area (Å²) >= 11 is 0. The fourth-order valence-electron chi connectivity index (χ4n) is 2.59. The molecule has 1 aliphatic rings. The van der Waals surface area contributed by atoms with Crippen molar-refractivity contribution in [2.45, 2.75) is 32.4 Å². The lowest BCUT2D eigenvalue weighted by Crippen LogP contribution is -2.37. The van der Waals surface area contributed by atoms with Gasteiger partial charge in [0.05, 0.1) is 12.7 Å². The lowest BCUT2D eigenvalue weighted by atomic mass is 10.1. The van der Waals surface area contributed by atoms with Crippen LogP contribution in [0.3, 0.4) is 0 Å². The average Bonchev–Trinajstić information content (AvgIpc) is 2.49. The van der Waals surface area contributed by atoms with E-state index in [0.717, 1.165) is 38.2 Å². The third-order valence-corrected chi connectivity index (χ3v) is 3.64. The Morgan fingerprint density at radius 3 is 2.71 bits per heavy atom. The number of hydrogen-bond acceptors (Lipinski definition) is 4. The van der Waals surface area contributed by atoms with Gasteiger partial charge in [-0.15, -0.1) is 0 Å². The van der Waals surface area contributed by atoms with Gasteiger partial charge < -0.3 is 14.6 Å². The molecule has 1 N–H and O–H groups in total. The van der Waals surface area contributed by atoms with Crippen LogP contribution in [0.15, 0.2) is 24.3 Å². The van der Waals surface area contributed by atoms with Crippen molar-refractivity contribution in [2.24, 2.45) is 0 Å². The van der Waals surface area contributed by atoms with Crippen molar-refractivity contribution in [3.63, 3.8) is 0 Å². The summed E-state index contributed by atoms with van der Waals surface area (Å²) in [6, 6.07) is 8.11. The Morgan fingerprint density at radius 2 is 2.05 bits per heavy atom. The van der Waals surface area contributed by atoms with Crippen molar-refractivity contribution in [1.82, 2.24) is 4.90 Å². The van der Waals surface area contributed by atoms with Crippen molar-refractivity contribution in [3.8, 4) is 5.75 Å². The fourth-order valence-corrected chi connectivity index (χ4v) is 2.59. The standard InChI is InChI=1S/C16H23NO4/c1-2-20-15-6-4-3-5-13(15)11-17-9-7-14(8-10-17)21-12-16(18)19/h3-6,14H,2,7-12H2,1H3,(H,18,19). The van der Waals surface area contributed by atoms with Gasteiger partial charge in [0.2, 0.25) is 0 Å². The SMILES string of the molecule is CCOc1ccccc1CN1CCC(OCC(=O)O)CC1. The zero-order valence-corrected chi connectivity index (χ0v) is 12.5. The van der Waals surface area contributed by atoms with Crippen LogP contribution in [0.2, 0.25) is 0 Å². The van der Waals surface area contributed by atoms with E-state index in [2.05, 4.69) is 11.0 Å². The normalized spacial score (nSPS) is 16.8. The lowest BCUT2D eigenvalue weighted by Gasteiger charge is -2.31. The summed E-state index contributed by atoms with van der Waals surface area (Å²) in [7, 11) is 0. The molecule has 0 aromatic heterocycles. The highest BCUT2D eigenvalue weighted by atomic mass is 16.5. The summed E-state index contributed by atoms with van der Waals surface area (Å²) in [6.45, 7) is 5.17. The minimum atomic E-state index is -0.900. The van der Waals surface area contributed by atoms with Crippen LogP contribution in [0.5, 0.6) is 5.75 Å². The number of piperidine rings is 1. The molecule has 5 nitrogen and oxygen atoms in total. The monoisotopic (exact) mass is 293 g/mol. The summed E-state index contributed by atoms with van der Waals surface area (Å²) in [5.41, 5.74) is 1.20. The molecule has 1 aliphatic heterocycles. The molecular formula is C16H23NO4. The maximum atomic E-state index is 10.5. The van der Waals surface area contributed by atoms with Crippen LogP contribution < -0.4 is 4.74 Å². The van der Waals surface area contributed by atoms with Crippen molar-refractivity contribution in [2.75, 3.05) is 26.3 Å². The molecule has 21 heavy (non-hydrogen) atoms. The van der Waals surface area contributed by atoms with Gasteiger partial charge in [0.15, 0.2) is 0 Å². The highest BCUT2D eigenvalue weighted by Crippen LogP contribution is 2.22. The Hall–Kier alpha value is -1.59. The highest BCUT2D eigenvalue weighted by Gasteiger charge is 2.21. The number of aliphatic carboxylic acids is 1. The van der Waals surface area contributed by atoms with Crippen molar-refractivity contribution in [1.29, 1.82) is 0 Å². The zero-order chi connectivity index (χ0) is 15.1. The Morgan fingerprint density at radius 1 is 1.33 bits per heavy atom. The molecule has 0 saturated carbocycles. The Balaban J connectivity index is 1.82. The molecule has 2 rings (SSSR count). The predicted octanol–water partition coefficient (Wildman–Crippen LogP) is 2.15. The van der Waals surface area contributed by atoms with Crippen LogP contribution in [0.4, 0.5) is 0 Å². The molecule has 1 aromatic rings. The first-order chi connectivity index (χ1) is 10.2. The summed E-state index contributed by atoms with van der Waals surface area (Å²) in [4.78, 5) is 12.9. The number of para-hydroxylation sites is 1. The van der Waals surface area contributed by atoms with Gasteiger partial charge in [0.25, 0.3) is 0 Å². The van der Waals surface area contributed by atoms with E-state index in [1.54, 1.807) is 0 Å². The molecule has 0 atom stereocenters. The molecule has 0 amide bonds. The molecule has 0 radical (unpaired) electrons. The Labute approximate surface area is 125 Å².